The summed E-state index contributed by atoms with van der Waals surface area (Å²) in [7, 11) is 0. The lowest BCUT2D eigenvalue weighted by molar-refractivity contribution is 0.0489. The van der Waals surface area contributed by atoms with E-state index < -0.39 is 0 Å². The SMILES string of the molecule is Cc1ccc(/C=C/C(=O)c2ccc(C)cc2)cc1.Cc1ccc(/C=C/C(=O)c2ccc(C)cc2)cc1.Cc1ccc(C(=O)C2C(c3ccc(C)cc3)C(C(=O)c3ccc(C)cc3)C2c2ccc(C)cc2)cc1. The molecular weight excluding hydrogens is 881 g/mol. The summed E-state index contributed by atoms with van der Waals surface area (Å²) < 4.78 is 0. The van der Waals surface area contributed by atoms with Gasteiger partial charge in [0.1, 0.15) is 0 Å². The third-order valence-corrected chi connectivity index (χ3v) is 13.4. The van der Waals surface area contributed by atoms with Crippen molar-refractivity contribution in [2.75, 3.05) is 0 Å². The van der Waals surface area contributed by atoms with E-state index in [-0.39, 0.29) is 46.8 Å². The molecule has 0 bridgehead atoms. The fraction of sp³-hybridized carbons (Fsp3) is 0.176. The van der Waals surface area contributed by atoms with Gasteiger partial charge in [-0.1, -0.05) is 251 Å². The van der Waals surface area contributed by atoms with Gasteiger partial charge >= 0.3 is 0 Å². The predicted molar refractivity (Wildman–Crippen MR) is 297 cm³/mol. The molecule has 8 aromatic carbocycles. The van der Waals surface area contributed by atoms with E-state index in [1.807, 2.05) is 199 Å². The summed E-state index contributed by atoms with van der Waals surface area (Å²) in [5, 5.41) is 0. The van der Waals surface area contributed by atoms with Gasteiger partial charge in [0.05, 0.1) is 0 Å². The van der Waals surface area contributed by atoms with Gasteiger partial charge in [0.25, 0.3) is 0 Å². The van der Waals surface area contributed by atoms with Crippen LogP contribution >= 0.6 is 0 Å². The van der Waals surface area contributed by atoms with E-state index in [1.165, 1.54) is 11.1 Å². The van der Waals surface area contributed by atoms with Crippen molar-refractivity contribution in [3.05, 3.63) is 295 Å². The molecule has 0 spiro atoms. The predicted octanol–water partition coefficient (Wildman–Crippen LogP) is 16.2. The first-order chi connectivity index (χ1) is 34.6. The van der Waals surface area contributed by atoms with Crippen molar-refractivity contribution in [3.8, 4) is 0 Å². The molecule has 1 saturated carbocycles. The Morgan fingerprint density at radius 2 is 0.486 bits per heavy atom. The van der Waals surface area contributed by atoms with Gasteiger partial charge < -0.3 is 0 Å². The van der Waals surface area contributed by atoms with E-state index in [9.17, 15) is 19.2 Å². The number of hydrogen-bond donors (Lipinski definition) is 0. The number of allylic oxidation sites excluding steroid dienone is 2. The van der Waals surface area contributed by atoms with Crippen LogP contribution in [0, 0.1) is 67.2 Å². The summed E-state index contributed by atoms with van der Waals surface area (Å²) in [6.07, 6.45) is 6.94. The number of benzene rings is 8. The van der Waals surface area contributed by atoms with E-state index in [4.69, 9.17) is 0 Å². The van der Waals surface area contributed by atoms with Gasteiger partial charge in [-0.05, 0) is 89.8 Å². The molecule has 9 rings (SSSR count). The molecule has 0 amide bonds. The normalized spacial score (nSPS) is 15.9. The summed E-state index contributed by atoms with van der Waals surface area (Å²) in [4.78, 5) is 52.0. The molecule has 8 aromatic rings. The van der Waals surface area contributed by atoms with E-state index in [2.05, 4.69) is 62.4 Å². The highest BCUT2D eigenvalue weighted by atomic mass is 16.1. The topological polar surface area (TPSA) is 68.3 Å². The van der Waals surface area contributed by atoms with E-state index in [0.717, 1.165) is 66.8 Å². The molecule has 0 saturated heterocycles. The molecular formula is C68H64O4. The van der Waals surface area contributed by atoms with Crippen molar-refractivity contribution >= 4 is 35.3 Å². The van der Waals surface area contributed by atoms with Crippen LogP contribution in [0.1, 0.15) is 120 Å². The number of Topliss-reactive ketones (excluding diaryl/α,β-unsaturated/α-hetero) is 2. The second-order valence-corrected chi connectivity index (χ2v) is 19.3. The largest absolute Gasteiger partial charge is 0.294 e. The number of carbonyl (C=O) groups excluding carboxylic acids is 4. The van der Waals surface area contributed by atoms with Crippen molar-refractivity contribution in [2.24, 2.45) is 11.8 Å². The molecule has 0 unspecified atom stereocenters. The van der Waals surface area contributed by atoms with Crippen molar-refractivity contribution in [3.63, 3.8) is 0 Å². The molecule has 0 atom stereocenters. The second kappa shape index (κ2) is 24.2. The van der Waals surface area contributed by atoms with Crippen LogP contribution in [0.3, 0.4) is 0 Å². The van der Waals surface area contributed by atoms with Crippen LogP contribution in [-0.2, 0) is 0 Å². The summed E-state index contributed by atoms with van der Waals surface area (Å²) in [5.74, 6) is -0.682. The van der Waals surface area contributed by atoms with E-state index in [1.54, 1.807) is 12.2 Å². The molecule has 4 nitrogen and oxygen atoms in total. The van der Waals surface area contributed by atoms with Gasteiger partial charge in [0.2, 0.25) is 0 Å². The number of aryl methyl sites for hydroxylation is 8. The van der Waals surface area contributed by atoms with Gasteiger partial charge in [-0.15, -0.1) is 0 Å². The van der Waals surface area contributed by atoms with Crippen molar-refractivity contribution < 1.29 is 19.2 Å². The Morgan fingerprint density at radius 1 is 0.278 bits per heavy atom. The minimum Gasteiger partial charge on any atom is -0.294 e. The number of rotatable bonds is 12. The molecule has 1 fully saturated rings. The monoisotopic (exact) mass is 944 g/mol. The van der Waals surface area contributed by atoms with Gasteiger partial charge in [0.15, 0.2) is 23.1 Å². The number of ketones is 4. The maximum absolute atomic E-state index is 14.1. The zero-order chi connectivity index (χ0) is 51.3. The molecule has 0 N–H and O–H groups in total. The maximum atomic E-state index is 14.1. The average molecular weight is 945 g/mol. The molecule has 4 heteroatoms. The number of hydrogen-bond acceptors (Lipinski definition) is 4. The average Bonchev–Trinajstić information content (AvgIpc) is 3.38. The quantitative estimate of drug-likeness (QED) is 0.0904. The highest BCUT2D eigenvalue weighted by molar-refractivity contribution is 6.08. The Kier molecular flexibility index (Phi) is 17.4. The smallest absolute Gasteiger partial charge is 0.185 e. The summed E-state index contributed by atoms with van der Waals surface area (Å²) in [6.45, 7) is 16.3. The van der Waals surface area contributed by atoms with Crippen molar-refractivity contribution in [1.29, 1.82) is 0 Å². The van der Waals surface area contributed by atoms with E-state index in [0.29, 0.717) is 11.1 Å². The second-order valence-electron chi connectivity index (χ2n) is 19.3. The lowest BCUT2D eigenvalue weighted by Gasteiger charge is -2.51. The molecule has 0 heterocycles. The van der Waals surface area contributed by atoms with Crippen LogP contribution in [0.5, 0.6) is 0 Å². The minimum absolute atomic E-state index is 0.0376. The molecule has 0 aromatic heterocycles. The van der Waals surface area contributed by atoms with Crippen LogP contribution in [0.15, 0.2) is 206 Å². The minimum atomic E-state index is -0.308. The van der Waals surface area contributed by atoms with Crippen molar-refractivity contribution in [1.82, 2.24) is 0 Å². The van der Waals surface area contributed by atoms with Gasteiger partial charge in [-0.25, -0.2) is 0 Å². The fourth-order valence-electron chi connectivity index (χ4n) is 8.95. The third-order valence-electron chi connectivity index (χ3n) is 13.4. The van der Waals surface area contributed by atoms with Crippen LogP contribution in [0.25, 0.3) is 12.2 Å². The Bertz CT molecular complexity index is 2930. The van der Waals surface area contributed by atoms with Crippen LogP contribution in [0.2, 0.25) is 0 Å². The fourth-order valence-corrected chi connectivity index (χ4v) is 8.95. The highest BCUT2D eigenvalue weighted by Gasteiger charge is 2.57. The van der Waals surface area contributed by atoms with Crippen LogP contribution < -0.4 is 0 Å². The Labute approximate surface area is 426 Å². The standard InChI is InChI=1S/C34H32O2.2C17H16O/c1-21-5-13-25(14-6-21)29-31(33(35)27-17-9-23(3)10-18-27)30(26-15-7-22(2)8-16-26)32(29)34(36)28-19-11-24(4)12-20-28;2*1-13-3-7-15(8-4-13)9-12-17(18)16-10-5-14(2)6-11-16/h5-20,29-32H,1-4H3;2*3-12H,1-2H3/b;2*12-9+. The van der Waals surface area contributed by atoms with Gasteiger partial charge in [0, 0.05) is 45.9 Å². The maximum Gasteiger partial charge on any atom is 0.185 e. The Hall–Kier alpha value is -8.08. The van der Waals surface area contributed by atoms with E-state index >= 15 is 0 Å². The third kappa shape index (κ3) is 13.6. The molecule has 0 aliphatic heterocycles. The molecule has 72 heavy (non-hydrogen) atoms. The van der Waals surface area contributed by atoms with Crippen molar-refractivity contribution in [2.45, 2.75) is 67.2 Å². The molecule has 0 radical (unpaired) electrons. The Balaban J connectivity index is 0.000000177. The molecule has 360 valence electrons. The lowest BCUT2D eigenvalue weighted by Crippen LogP contribution is -2.51. The first kappa shape index (κ1) is 51.8. The summed E-state index contributed by atoms with van der Waals surface area (Å²) >= 11 is 0. The summed E-state index contributed by atoms with van der Waals surface area (Å²) in [5.41, 5.74) is 16.4. The van der Waals surface area contributed by atoms with Gasteiger partial charge in [-0.3, -0.25) is 19.2 Å². The van der Waals surface area contributed by atoms with Gasteiger partial charge in [-0.2, -0.15) is 0 Å². The zero-order valence-corrected chi connectivity index (χ0v) is 42.7. The molecule has 1 aliphatic carbocycles. The molecule has 1 aliphatic rings. The first-order valence-corrected chi connectivity index (χ1v) is 24.7. The zero-order valence-electron chi connectivity index (χ0n) is 42.7. The number of carbonyl (C=O) groups is 4. The lowest BCUT2D eigenvalue weighted by atomic mass is 9.49. The highest BCUT2D eigenvalue weighted by Crippen LogP contribution is 2.59. The first-order valence-electron chi connectivity index (χ1n) is 24.7. The van der Waals surface area contributed by atoms with Crippen LogP contribution in [-0.4, -0.2) is 23.1 Å². The van der Waals surface area contributed by atoms with Crippen LogP contribution in [0.4, 0.5) is 0 Å². The Morgan fingerprint density at radius 3 is 0.736 bits per heavy atom. The summed E-state index contributed by atoms with van der Waals surface area (Å²) in [6, 6.07) is 63.8.